The van der Waals surface area contributed by atoms with Crippen LogP contribution in [0.25, 0.3) is 0 Å². The number of carboxylic acid groups (broad SMARTS) is 1. The maximum Gasteiger partial charge on any atom is 0.322 e. The van der Waals surface area contributed by atoms with E-state index in [-0.39, 0.29) is 22.6 Å². The molecule has 0 bridgehead atoms. The molecule has 0 aromatic heterocycles. The van der Waals surface area contributed by atoms with Gasteiger partial charge in [-0.25, -0.2) is 8.42 Å². The first-order chi connectivity index (χ1) is 10.3. The average Bonchev–Trinajstić information content (AvgIpc) is 2.89. The highest BCUT2D eigenvalue weighted by Crippen LogP contribution is 2.35. The van der Waals surface area contributed by atoms with E-state index in [0.29, 0.717) is 6.42 Å². The molecule has 0 amide bonds. The van der Waals surface area contributed by atoms with E-state index in [9.17, 15) is 18.3 Å². The summed E-state index contributed by atoms with van der Waals surface area (Å²) in [5, 5.41) is 18.1. The number of sulfonamides is 1. The molecule has 1 fully saturated rings. The predicted octanol–water partition coefficient (Wildman–Crippen LogP) is 1.19. The minimum Gasteiger partial charge on any atom is -0.495 e. The van der Waals surface area contributed by atoms with Crippen LogP contribution in [-0.2, 0) is 14.8 Å². The molecule has 0 aliphatic carbocycles. The van der Waals surface area contributed by atoms with Gasteiger partial charge in [0.1, 0.15) is 16.7 Å². The van der Waals surface area contributed by atoms with Gasteiger partial charge in [0.25, 0.3) is 0 Å². The zero-order chi connectivity index (χ0) is 16.5. The van der Waals surface area contributed by atoms with E-state index in [1.807, 2.05) is 6.07 Å². The lowest BCUT2D eigenvalue weighted by Crippen LogP contribution is -2.43. The van der Waals surface area contributed by atoms with Gasteiger partial charge in [-0.1, -0.05) is 0 Å². The fourth-order valence-corrected chi connectivity index (χ4v) is 4.63. The Hall–Kier alpha value is -2.11. The summed E-state index contributed by atoms with van der Waals surface area (Å²) in [5.74, 6) is -1.14. The lowest BCUT2D eigenvalue weighted by atomic mass is 10.2. The first-order valence-electron chi connectivity index (χ1n) is 6.67. The van der Waals surface area contributed by atoms with E-state index in [4.69, 9.17) is 10.00 Å². The molecule has 1 aromatic rings. The molecule has 1 N–H and O–H groups in total. The summed E-state index contributed by atoms with van der Waals surface area (Å²) in [6, 6.07) is 4.37. The van der Waals surface area contributed by atoms with Gasteiger partial charge in [0, 0.05) is 6.04 Å². The van der Waals surface area contributed by atoms with Crippen molar-refractivity contribution in [3.05, 3.63) is 23.8 Å². The predicted molar refractivity (Wildman–Crippen MR) is 76.9 cm³/mol. The van der Waals surface area contributed by atoms with Crippen LogP contribution in [0.4, 0.5) is 0 Å². The minimum absolute atomic E-state index is 0.0299. The molecule has 0 unspecified atom stereocenters. The second kappa shape index (κ2) is 5.94. The molecule has 8 heteroatoms. The lowest BCUT2D eigenvalue weighted by Gasteiger charge is -2.26. The fraction of sp³-hybridized carbons (Fsp3) is 0.429. The summed E-state index contributed by atoms with van der Waals surface area (Å²) in [4.78, 5) is 11.2. The Kier molecular flexibility index (Phi) is 4.39. The molecule has 0 saturated carbocycles. The van der Waals surface area contributed by atoms with Gasteiger partial charge in [-0.2, -0.15) is 9.57 Å². The van der Waals surface area contributed by atoms with Gasteiger partial charge in [0.15, 0.2) is 0 Å². The largest absolute Gasteiger partial charge is 0.495 e. The van der Waals surface area contributed by atoms with E-state index in [1.54, 1.807) is 6.92 Å². The van der Waals surface area contributed by atoms with Gasteiger partial charge in [0.2, 0.25) is 10.0 Å². The molecule has 7 nitrogen and oxygen atoms in total. The van der Waals surface area contributed by atoms with Crippen molar-refractivity contribution in [3.63, 3.8) is 0 Å². The maximum absolute atomic E-state index is 12.8. The van der Waals surface area contributed by atoms with E-state index in [1.165, 1.54) is 25.3 Å². The van der Waals surface area contributed by atoms with Crippen molar-refractivity contribution in [2.24, 2.45) is 0 Å². The molecule has 2 atom stereocenters. The van der Waals surface area contributed by atoms with Gasteiger partial charge in [0.05, 0.1) is 18.7 Å². The van der Waals surface area contributed by atoms with Crippen molar-refractivity contribution in [2.75, 3.05) is 7.11 Å². The van der Waals surface area contributed by atoms with E-state index < -0.39 is 28.1 Å². The quantitative estimate of drug-likeness (QED) is 0.891. The van der Waals surface area contributed by atoms with Crippen LogP contribution in [0.3, 0.4) is 0 Å². The van der Waals surface area contributed by atoms with Crippen molar-refractivity contribution in [1.29, 1.82) is 5.26 Å². The van der Waals surface area contributed by atoms with Crippen molar-refractivity contribution in [3.8, 4) is 11.8 Å². The van der Waals surface area contributed by atoms with E-state index in [2.05, 4.69) is 0 Å². The molecule has 1 aromatic carbocycles. The van der Waals surface area contributed by atoms with Gasteiger partial charge >= 0.3 is 5.97 Å². The minimum atomic E-state index is -4.03. The first kappa shape index (κ1) is 16.3. The van der Waals surface area contributed by atoms with Crippen LogP contribution in [0.1, 0.15) is 25.3 Å². The van der Waals surface area contributed by atoms with Gasteiger partial charge < -0.3 is 9.84 Å². The molecule has 1 heterocycles. The molecular formula is C14H16N2O5S. The van der Waals surface area contributed by atoms with E-state index in [0.717, 1.165) is 4.31 Å². The summed E-state index contributed by atoms with van der Waals surface area (Å²) < 4.78 is 31.8. The fourth-order valence-electron chi connectivity index (χ4n) is 2.66. The van der Waals surface area contributed by atoms with Crippen LogP contribution in [0.2, 0.25) is 0 Å². The third-order valence-corrected chi connectivity index (χ3v) is 5.80. The Balaban J connectivity index is 2.55. The maximum atomic E-state index is 12.8. The number of hydrogen-bond donors (Lipinski definition) is 1. The van der Waals surface area contributed by atoms with Crippen molar-refractivity contribution < 1.29 is 23.1 Å². The summed E-state index contributed by atoms with van der Waals surface area (Å²) in [7, 11) is -2.73. The Morgan fingerprint density at radius 2 is 2.14 bits per heavy atom. The molecule has 0 spiro atoms. The van der Waals surface area contributed by atoms with Crippen LogP contribution in [0, 0.1) is 11.3 Å². The van der Waals surface area contributed by atoms with Crippen molar-refractivity contribution in [2.45, 2.75) is 36.7 Å². The Morgan fingerprint density at radius 1 is 1.45 bits per heavy atom. The Bertz CT molecular complexity index is 738. The monoisotopic (exact) mass is 324 g/mol. The Morgan fingerprint density at radius 3 is 2.68 bits per heavy atom. The first-order valence-corrected chi connectivity index (χ1v) is 8.11. The molecule has 22 heavy (non-hydrogen) atoms. The number of carbonyl (C=O) groups is 1. The highest BCUT2D eigenvalue weighted by molar-refractivity contribution is 7.89. The average molecular weight is 324 g/mol. The number of nitriles is 1. The van der Waals surface area contributed by atoms with Crippen LogP contribution in [0.15, 0.2) is 23.1 Å². The number of rotatable bonds is 4. The second-order valence-corrected chi connectivity index (χ2v) is 6.90. The van der Waals surface area contributed by atoms with Crippen LogP contribution >= 0.6 is 0 Å². The molecule has 1 aliphatic heterocycles. The number of benzene rings is 1. The highest BCUT2D eigenvalue weighted by Gasteiger charge is 2.44. The molecule has 1 aliphatic rings. The van der Waals surface area contributed by atoms with Crippen LogP contribution in [0.5, 0.6) is 5.75 Å². The summed E-state index contributed by atoms with van der Waals surface area (Å²) in [5.41, 5.74) is 0.264. The SMILES string of the molecule is COc1cc(C#N)ccc1S(=O)(=O)N1[C@@H](C)CC[C@H]1C(=O)O. The molecular weight excluding hydrogens is 308 g/mol. The van der Waals surface area contributed by atoms with E-state index >= 15 is 0 Å². The van der Waals surface area contributed by atoms with Gasteiger partial charge in [-0.3, -0.25) is 4.79 Å². The normalized spacial score (nSPS) is 22.2. The van der Waals surface area contributed by atoms with Gasteiger partial charge in [-0.15, -0.1) is 0 Å². The molecule has 118 valence electrons. The number of ether oxygens (including phenoxy) is 1. The van der Waals surface area contributed by atoms with Crippen molar-refractivity contribution in [1.82, 2.24) is 4.31 Å². The third kappa shape index (κ3) is 2.65. The van der Waals surface area contributed by atoms with Crippen LogP contribution in [-0.4, -0.2) is 43.0 Å². The van der Waals surface area contributed by atoms with Gasteiger partial charge in [-0.05, 0) is 38.0 Å². The summed E-state index contributed by atoms with van der Waals surface area (Å²) in [6.07, 6.45) is 0.753. The molecule has 2 rings (SSSR count). The van der Waals surface area contributed by atoms with Crippen molar-refractivity contribution >= 4 is 16.0 Å². The third-order valence-electron chi connectivity index (χ3n) is 3.73. The number of methoxy groups -OCH3 is 1. The number of aliphatic carboxylic acids is 1. The molecule has 1 saturated heterocycles. The molecule has 0 radical (unpaired) electrons. The number of nitrogens with zero attached hydrogens (tertiary/aromatic N) is 2. The summed E-state index contributed by atoms with van der Waals surface area (Å²) >= 11 is 0. The Labute approximate surface area is 128 Å². The topological polar surface area (TPSA) is 108 Å². The smallest absolute Gasteiger partial charge is 0.322 e. The number of carboxylic acids is 1. The zero-order valence-electron chi connectivity index (χ0n) is 12.2. The lowest BCUT2D eigenvalue weighted by molar-refractivity contribution is -0.140. The zero-order valence-corrected chi connectivity index (χ0v) is 13.0. The number of hydrogen-bond acceptors (Lipinski definition) is 5. The highest BCUT2D eigenvalue weighted by atomic mass is 32.2. The van der Waals surface area contributed by atoms with Crippen LogP contribution < -0.4 is 4.74 Å². The summed E-state index contributed by atoms with van der Waals surface area (Å²) in [6.45, 7) is 1.68. The standard InChI is InChI=1S/C14H16N2O5S/c1-9-3-5-11(14(17)18)16(9)22(19,20)13-6-4-10(8-15)7-12(13)21-2/h4,6-7,9,11H,3,5H2,1-2H3,(H,17,18)/t9-,11-/m0/s1. The second-order valence-electron chi connectivity index (χ2n) is 5.09.